The first-order valence-corrected chi connectivity index (χ1v) is 10.4. The van der Waals surface area contributed by atoms with Crippen LogP contribution in [0.5, 0.6) is 0 Å². The van der Waals surface area contributed by atoms with Gasteiger partial charge in [0.25, 0.3) is 0 Å². The number of hydrogen-bond acceptors (Lipinski definition) is 5. The summed E-state index contributed by atoms with van der Waals surface area (Å²) < 4.78 is 0. The number of piperidine rings is 1. The zero-order chi connectivity index (χ0) is 18.6. The van der Waals surface area contributed by atoms with Crippen LogP contribution < -0.4 is 10.2 Å². The molecule has 2 aliphatic heterocycles. The van der Waals surface area contributed by atoms with Crippen LogP contribution in [0.1, 0.15) is 50.5 Å². The normalized spacial score (nSPS) is 24.6. The van der Waals surface area contributed by atoms with Crippen molar-refractivity contribution in [3.63, 3.8) is 0 Å². The predicted molar refractivity (Wildman–Crippen MR) is 104 cm³/mol. The molecular formula is C21H29N5O. The molecule has 1 atom stereocenters. The lowest BCUT2D eigenvalue weighted by Crippen LogP contribution is -2.46. The number of aromatic nitrogens is 1. The summed E-state index contributed by atoms with van der Waals surface area (Å²) in [6.07, 6.45) is 9.17. The van der Waals surface area contributed by atoms with Gasteiger partial charge in [-0.25, -0.2) is 4.98 Å². The molecule has 4 rings (SSSR count). The van der Waals surface area contributed by atoms with E-state index < -0.39 is 0 Å². The Balaban J connectivity index is 1.26. The number of pyridine rings is 1. The number of rotatable bonds is 5. The van der Waals surface area contributed by atoms with Crippen LogP contribution in [-0.4, -0.2) is 54.1 Å². The molecule has 1 aliphatic carbocycles. The molecule has 2 saturated heterocycles. The first-order valence-electron chi connectivity index (χ1n) is 10.4. The summed E-state index contributed by atoms with van der Waals surface area (Å²) in [4.78, 5) is 21.1. The number of hydrogen-bond donors (Lipinski definition) is 1. The van der Waals surface area contributed by atoms with Crippen molar-refractivity contribution >= 4 is 11.7 Å². The van der Waals surface area contributed by atoms with Gasteiger partial charge >= 0.3 is 0 Å². The van der Waals surface area contributed by atoms with Crippen molar-refractivity contribution in [3.05, 3.63) is 23.9 Å². The van der Waals surface area contributed by atoms with Gasteiger partial charge in [0.05, 0.1) is 5.56 Å². The van der Waals surface area contributed by atoms with E-state index in [-0.39, 0.29) is 0 Å². The van der Waals surface area contributed by atoms with Crippen molar-refractivity contribution in [1.29, 1.82) is 5.26 Å². The van der Waals surface area contributed by atoms with Crippen LogP contribution in [0.25, 0.3) is 0 Å². The standard InChI is InChI=1S/C21H29N5O/c22-14-17-2-1-10-23-21(17)25-11-7-19(8-12-25)24-18-5-6-20(27)26(13-9-18)15-16-3-4-16/h1-2,10,16,18-19,24H,3-9,11-13,15H2. The monoisotopic (exact) mass is 367 g/mol. The molecule has 27 heavy (non-hydrogen) atoms. The fourth-order valence-electron chi connectivity index (χ4n) is 4.34. The van der Waals surface area contributed by atoms with Crippen LogP contribution in [-0.2, 0) is 4.79 Å². The van der Waals surface area contributed by atoms with E-state index in [4.69, 9.17) is 0 Å². The smallest absolute Gasteiger partial charge is 0.222 e. The zero-order valence-corrected chi connectivity index (χ0v) is 15.9. The second kappa shape index (κ2) is 8.26. The van der Waals surface area contributed by atoms with Gasteiger partial charge in [-0.1, -0.05) is 0 Å². The quantitative estimate of drug-likeness (QED) is 0.865. The van der Waals surface area contributed by atoms with Gasteiger partial charge < -0.3 is 15.1 Å². The van der Waals surface area contributed by atoms with Crippen LogP contribution in [0.4, 0.5) is 5.82 Å². The highest BCUT2D eigenvalue weighted by Gasteiger charge is 2.30. The number of likely N-dealkylation sites (tertiary alicyclic amines) is 1. The summed E-state index contributed by atoms with van der Waals surface area (Å²) in [5.74, 6) is 1.93. The zero-order valence-electron chi connectivity index (χ0n) is 15.9. The maximum absolute atomic E-state index is 12.3. The third-order valence-electron chi connectivity index (χ3n) is 6.16. The van der Waals surface area contributed by atoms with Crippen molar-refractivity contribution in [2.45, 2.75) is 57.0 Å². The van der Waals surface area contributed by atoms with E-state index in [1.54, 1.807) is 6.20 Å². The molecule has 144 valence electrons. The van der Waals surface area contributed by atoms with E-state index in [0.717, 1.165) is 63.6 Å². The van der Waals surface area contributed by atoms with Gasteiger partial charge in [0.1, 0.15) is 11.9 Å². The van der Waals surface area contributed by atoms with Crippen LogP contribution >= 0.6 is 0 Å². The molecule has 6 heteroatoms. The summed E-state index contributed by atoms with van der Waals surface area (Å²) in [5, 5.41) is 13.1. The van der Waals surface area contributed by atoms with E-state index in [2.05, 4.69) is 26.2 Å². The van der Waals surface area contributed by atoms with Gasteiger partial charge in [0.2, 0.25) is 5.91 Å². The summed E-state index contributed by atoms with van der Waals surface area (Å²) in [6.45, 7) is 3.73. The Morgan fingerprint density at radius 2 is 1.85 bits per heavy atom. The number of nitrogens with one attached hydrogen (secondary N) is 1. The minimum atomic E-state index is 0.347. The maximum Gasteiger partial charge on any atom is 0.222 e. The molecule has 1 aromatic heterocycles. The first-order chi connectivity index (χ1) is 13.2. The summed E-state index contributed by atoms with van der Waals surface area (Å²) >= 11 is 0. The molecule has 1 aromatic rings. The Bertz CT molecular complexity index is 703. The molecule has 1 unspecified atom stereocenters. The third-order valence-corrected chi connectivity index (χ3v) is 6.16. The minimum absolute atomic E-state index is 0.347. The number of nitriles is 1. The molecule has 3 aliphatic rings. The molecule has 0 radical (unpaired) electrons. The predicted octanol–water partition coefficient (Wildman–Crippen LogP) is 2.30. The van der Waals surface area contributed by atoms with Gasteiger partial charge in [-0.3, -0.25) is 4.79 Å². The van der Waals surface area contributed by atoms with Crippen LogP contribution in [0.15, 0.2) is 18.3 Å². The van der Waals surface area contributed by atoms with E-state index in [1.165, 1.54) is 12.8 Å². The summed E-state index contributed by atoms with van der Waals surface area (Å²) in [7, 11) is 0. The number of anilines is 1. The molecular weight excluding hydrogens is 338 g/mol. The molecule has 3 heterocycles. The van der Waals surface area contributed by atoms with Gasteiger partial charge in [0, 0.05) is 50.9 Å². The second-order valence-corrected chi connectivity index (χ2v) is 8.22. The van der Waals surface area contributed by atoms with Crippen molar-refractivity contribution in [1.82, 2.24) is 15.2 Å². The molecule has 1 N–H and O–H groups in total. The molecule has 1 amide bonds. The highest BCUT2D eigenvalue weighted by molar-refractivity contribution is 5.76. The first kappa shape index (κ1) is 18.2. The summed E-state index contributed by atoms with van der Waals surface area (Å²) in [6, 6.07) is 6.83. The lowest BCUT2D eigenvalue weighted by atomic mass is 10.0. The molecule has 3 fully saturated rings. The Morgan fingerprint density at radius 1 is 1.11 bits per heavy atom. The Morgan fingerprint density at radius 3 is 2.59 bits per heavy atom. The minimum Gasteiger partial charge on any atom is -0.355 e. The van der Waals surface area contributed by atoms with Crippen LogP contribution in [0.3, 0.4) is 0 Å². The van der Waals surface area contributed by atoms with E-state index in [0.29, 0.717) is 30.0 Å². The number of amides is 1. The summed E-state index contributed by atoms with van der Waals surface area (Å²) in [5.41, 5.74) is 0.655. The van der Waals surface area contributed by atoms with Gasteiger partial charge in [-0.2, -0.15) is 5.26 Å². The molecule has 0 aromatic carbocycles. The highest BCUT2D eigenvalue weighted by atomic mass is 16.2. The molecule has 0 bridgehead atoms. The van der Waals surface area contributed by atoms with Gasteiger partial charge in [-0.15, -0.1) is 0 Å². The average Bonchev–Trinajstić information content (AvgIpc) is 3.54. The van der Waals surface area contributed by atoms with E-state index in [9.17, 15) is 10.1 Å². The average molecular weight is 367 g/mol. The lowest BCUT2D eigenvalue weighted by molar-refractivity contribution is -0.130. The topological polar surface area (TPSA) is 72.3 Å². The number of carbonyl (C=O) groups excluding carboxylic acids is 1. The second-order valence-electron chi connectivity index (χ2n) is 8.22. The Kier molecular flexibility index (Phi) is 5.58. The number of carbonyl (C=O) groups is 1. The van der Waals surface area contributed by atoms with Crippen molar-refractivity contribution < 1.29 is 4.79 Å². The lowest BCUT2D eigenvalue weighted by Gasteiger charge is -2.35. The Hall–Kier alpha value is -2.13. The highest BCUT2D eigenvalue weighted by Crippen LogP contribution is 2.30. The van der Waals surface area contributed by atoms with E-state index >= 15 is 0 Å². The SMILES string of the molecule is N#Cc1cccnc1N1CCC(NC2CCC(=O)N(CC3CC3)CC2)CC1. The van der Waals surface area contributed by atoms with Crippen molar-refractivity contribution in [2.24, 2.45) is 5.92 Å². The fourth-order valence-corrected chi connectivity index (χ4v) is 4.34. The van der Waals surface area contributed by atoms with Crippen LogP contribution in [0.2, 0.25) is 0 Å². The van der Waals surface area contributed by atoms with Gasteiger partial charge in [-0.05, 0) is 56.6 Å². The van der Waals surface area contributed by atoms with Crippen molar-refractivity contribution in [2.75, 3.05) is 31.1 Å². The van der Waals surface area contributed by atoms with Gasteiger partial charge in [0.15, 0.2) is 0 Å². The maximum atomic E-state index is 12.3. The fraction of sp³-hybridized carbons (Fsp3) is 0.667. The van der Waals surface area contributed by atoms with Crippen LogP contribution in [0, 0.1) is 17.2 Å². The molecule has 0 spiro atoms. The largest absolute Gasteiger partial charge is 0.355 e. The van der Waals surface area contributed by atoms with E-state index in [1.807, 2.05) is 12.1 Å². The number of nitrogens with zero attached hydrogens (tertiary/aromatic N) is 4. The molecule has 1 saturated carbocycles. The molecule has 6 nitrogen and oxygen atoms in total. The van der Waals surface area contributed by atoms with Crippen molar-refractivity contribution in [3.8, 4) is 6.07 Å². The Labute approximate surface area is 161 Å². The third kappa shape index (κ3) is 4.59.